The molecule has 1 unspecified atom stereocenters. The molecule has 0 aliphatic carbocycles. The van der Waals surface area contributed by atoms with Gasteiger partial charge in [-0.2, -0.15) is 0 Å². The maximum atomic E-state index is 12.7. The fourth-order valence-corrected chi connectivity index (χ4v) is 5.57. The van der Waals surface area contributed by atoms with Crippen molar-refractivity contribution in [3.63, 3.8) is 0 Å². The highest BCUT2D eigenvalue weighted by Crippen LogP contribution is 2.65. The molecule has 0 fully saturated rings. The zero-order valence-corrected chi connectivity index (χ0v) is 14.7. The van der Waals surface area contributed by atoms with Crippen molar-refractivity contribution in [3.8, 4) is 0 Å². The molecule has 0 aromatic rings. The predicted octanol–water partition coefficient (Wildman–Crippen LogP) is 4.42. The molecule has 8 heteroatoms. The van der Waals surface area contributed by atoms with Crippen LogP contribution in [-0.2, 0) is 27.2 Å². The minimum Gasteiger partial charge on any atom is -0.308 e. The largest absolute Gasteiger partial charge is 0.357 e. The minimum atomic E-state index is -3.54. The maximum absolute atomic E-state index is 12.7. The van der Waals surface area contributed by atoms with E-state index in [4.69, 9.17) is 18.1 Å². The van der Waals surface area contributed by atoms with Crippen LogP contribution in [0.5, 0.6) is 0 Å². The molecule has 0 radical (unpaired) electrons. The van der Waals surface area contributed by atoms with Crippen LogP contribution in [0.1, 0.15) is 34.6 Å². The smallest absolute Gasteiger partial charge is 0.308 e. The van der Waals surface area contributed by atoms with Crippen LogP contribution in [0.4, 0.5) is 0 Å². The van der Waals surface area contributed by atoms with E-state index < -0.39 is 20.9 Å². The highest BCUT2D eigenvalue weighted by Gasteiger charge is 2.42. The molecule has 0 aliphatic rings. The molecule has 0 bridgehead atoms. The van der Waals surface area contributed by atoms with Gasteiger partial charge < -0.3 is 18.1 Å². The second-order valence-electron chi connectivity index (χ2n) is 3.88. The standard InChI is InChI=1S/C12H26O6P2/c1-7-15-19(13,16-8-2)11(5)12(6)20(14,17-9-3)18-10-4/h12H,5,7-10H2,1-4,6H3. The van der Waals surface area contributed by atoms with Crippen molar-refractivity contribution >= 4 is 15.2 Å². The van der Waals surface area contributed by atoms with Gasteiger partial charge in [-0.05, 0) is 34.6 Å². The third kappa shape index (κ3) is 5.10. The van der Waals surface area contributed by atoms with Gasteiger partial charge in [0.2, 0.25) is 0 Å². The summed E-state index contributed by atoms with van der Waals surface area (Å²) in [6.45, 7) is 13.0. The van der Waals surface area contributed by atoms with Crippen molar-refractivity contribution < 1.29 is 27.2 Å². The summed E-state index contributed by atoms with van der Waals surface area (Å²) in [5.41, 5.74) is -0.772. The molecule has 0 amide bonds. The van der Waals surface area contributed by atoms with Gasteiger partial charge in [-0.3, -0.25) is 9.13 Å². The molecule has 0 saturated heterocycles. The Morgan fingerprint density at radius 1 is 0.900 bits per heavy atom. The summed E-state index contributed by atoms with van der Waals surface area (Å²) in [4.78, 5) is 0. The first kappa shape index (κ1) is 20.0. The minimum absolute atomic E-state index is 0.117. The van der Waals surface area contributed by atoms with E-state index in [1.807, 2.05) is 0 Å². The van der Waals surface area contributed by atoms with Gasteiger partial charge in [0.1, 0.15) is 0 Å². The van der Waals surface area contributed by atoms with Crippen molar-refractivity contribution in [2.75, 3.05) is 26.4 Å². The Morgan fingerprint density at radius 3 is 1.55 bits per heavy atom. The van der Waals surface area contributed by atoms with Crippen LogP contribution in [0.25, 0.3) is 0 Å². The Morgan fingerprint density at radius 2 is 1.25 bits per heavy atom. The summed E-state index contributed by atoms with van der Waals surface area (Å²) in [6, 6.07) is 0. The number of hydrogen-bond donors (Lipinski definition) is 0. The molecule has 0 N–H and O–H groups in total. The maximum Gasteiger partial charge on any atom is 0.357 e. The van der Waals surface area contributed by atoms with Gasteiger partial charge in [-0.1, -0.05) is 6.58 Å². The quantitative estimate of drug-likeness (QED) is 0.523. The highest BCUT2D eigenvalue weighted by atomic mass is 31.2. The summed E-state index contributed by atoms with van der Waals surface area (Å²) in [7, 11) is -6.98. The highest BCUT2D eigenvalue weighted by molar-refractivity contribution is 7.62. The predicted molar refractivity (Wildman–Crippen MR) is 80.3 cm³/mol. The SMILES string of the molecule is C=C(C(C)P(=O)(OCC)OCC)P(=O)(OCC)OCC. The van der Waals surface area contributed by atoms with Gasteiger partial charge in [0, 0.05) is 5.31 Å². The molecule has 0 aromatic carbocycles. The Kier molecular flexibility index (Phi) is 9.16. The van der Waals surface area contributed by atoms with E-state index in [0.717, 1.165) is 0 Å². The lowest BCUT2D eigenvalue weighted by Crippen LogP contribution is -2.14. The molecule has 0 aliphatic heterocycles. The van der Waals surface area contributed by atoms with Gasteiger partial charge in [0.05, 0.1) is 32.1 Å². The Balaban J connectivity index is 5.31. The average Bonchev–Trinajstić information content (AvgIpc) is 2.38. The van der Waals surface area contributed by atoms with E-state index >= 15 is 0 Å². The summed E-state index contributed by atoms with van der Waals surface area (Å²) in [5.74, 6) is 0. The lowest BCUT2D eigenvalue weighted by Gasteiger charge is -2.28. The van der Waals surface area contributed by atoms with Crippen molar-refractivity contribution in [1.29, 1.82) is 0 Å². The molecule has 1 atom stereocenters. The molecule has 20 heavy (non-hydrogen) atoms. The van der Waals surface area contributed by atoms with Gasteiger partial charge in [-0.25, -0.2) is 0 Å². The molecule has 0 rings (SSSR count). The van der Waals surface area contributed by atoms with E-state index in [1.54, 1.807) is 34.6 Å². The fraction of sp³-hybridized carbons (Fsp3) is 0.833. The lowest BCUT2D eigenvalue weighted by molar-refractivity contribution is 0.210. The monoisotopic (exact) mass is 328 g/mol. The molecule has 120 valence electrons. The molecule has 0 saturated carbocycles. The molecular formula is C12H26O6P2. The van der Waals surface area contributed by atoms with Crippen LogP contribution < -0.4 is 0 Å². The van der Waals surface area contributed by atoms with Crippen LogP contribution in [-0.4, -0.2) is 32.1 Å². The van der Waals surface area contributed by atoms with Crippen molar-refractivity contribution in [2.24, 2.45) is 0 Å². The fourth-order valence-electron chi connectivity index (χ4n) is 1.58. The van der Waals surface area contributed by atoms with Gasteiger partial charge in [0.25, 0.3) is 0 Å². The van der Waals surface area contributed by atoms with E-state index in [0.29, 0.717) is 0 Å². The molecule has 6 nitrogen and oxygen atoms in total. The molecule has 0 aromatic heterocycles. The number of rotatable bonds is 11. The summed E-state index contributed by atoms with van der Waals surface area (Å²) in [5, 5.41) is 0.117. The van der Waals surface area contributed by atoms with Crippen molar-refractivity contribution in [3.05, 3.63) is 11.9 Å². The second kappa shape index (κ2) is 9.14. The third-order valence-electron chi connectivity index (χ3n) is 2.52. The average molecular weight is 328 g/mol. The Bertz CT molecular complexity index is 375. The van der Waals surface area contributed by atoms with Gasteiger partial charge in [0.15, 0.2) is 0 Å². The van der Waals surface area contributed by atoms with Gasteiger partial charge in [-0.15, -0.1) is 0 Å². The van der Waals surface area contributed by atoms with Crippen molar-refractivity contribution in [2.45, 2.75) is 40.3 Å². The summed E-state index contributed by atoms with van der Waals surface area (Å²) < 4.78 is 46.2. The van der Waals surface area contributed by atoms with Crippen LogP contribution in [0.15, 0.2) is 11.9 Å². The van der Waals surface area contributed by atoms with E-state index in [-0.39, 0.29) is 31.7 Å². The summed E-state index contributed by atoms with van der Waals surface area (Å²) in [6.07, 6.45) is 0. The van der Waals surface area contributed by atoms with Crippen LogP contribution >= 0.6 is 15.2 Å². The number of allylic oxidation sites excluding steroid dienone is 1. The molecule has 0 spiro atoms. The summed E-state index contributed by atoms with van der Waals surface area (Å²) >= 11 is 0. The zero-order chi connectivity index (χ0) is 15.8. The number of hydrogen-bond acceptors (Lipinski definition) is 6. The first-order chi connectivity index (χ1) is 9.31. The van der Waals surface area contributed by atoms with Crippen LogP contribution in [0.3, 0.4) is 0 Å². The second-order valence-corrected chi connectivity index (χ2v) is 8.33. The van der Waals surface area contributed by atoms with E-state index in [2.05, 4.69) is 6.58 Å². The van der Waals surface area contributed by atoms with Crippen LogP contribution in [0, 0.1) is 0 Å². The van der Waals surface area contributed by atoms with E-state index in [1.165, 1.54) is 0 Å². The van der Waals surface area contributed by atoms with Gasteiger partial charge >= 0.3 is 15.2 Å². The third-order valence-corrected chi connectivity index (χ3v) is 7.51. The van der Waals surface area contributed by atoms with Crippen LogP contribution in [0.2, 0.25) is 0 Å². The topological polar surface area (TPSA) is 71.1 Å². The molecular weight excluding hydrogens is 302 g/mol. The van der Waals surface area contributed by atoms with E-state index in [9.17, 15) is 9.13 Å². The van der Waals surface area contributed by atoms with Crippen molar-refractivity contribution in [1.82, 2.24) is 0 Å². The Hall–Kier alpha value is 0.0400. The normalized spacial score (nSPS) is 14.2. The molecule has 0 heterocycles. The Labute approximate surface area is 121 Å². The zero-order valence-electron chi connectivity index (χ0n) is 13.0. The lowest BCUT2D eigenvalue weighted by atomic mass is 10.5. The first-order valence-corrected chi connectivity index (χ1v) is 9.93. The first-order valence-electron chi connectivity index (χ1n) is 6.78.